The van der Waals surface area contributed by atoms with Gasteiger partial charge >= 0.3 is 5.97 Å². The average molecular weight is 673 g/mol. The quantitative estimate of drug-likeness (QED) is 0.151. The number of hydrogen-bond acceptors (Lipinski definition) is 10. The minimum absolute atomic E-state index is 0.0368. The number of esters is 1. The molecule has 0 saturated heterocycles. The Morgan fingerprint density at radius 1 is 1.00 bits per heavy atom. The number of benzene rings is 2. The van der Waals surface area contributed by atoms with E-state index in [2.05, 4.69) is 15.0 Å². The standard InChI is InChI=1S/C34H48N4O8S/c1-8-43-31(44-9-2)23-28(33(40)46-34(3,4)5)37-47(41,42)30-16-15-25(32(39)36-19-20-38(6)7)22-29(30)45-21-17-24-12-10-14-27-26(24)13-11-18-35-27/h10-16,18,22,28,31,37H,8-9,17,19-21,23H2,1-7H3,(H,36,39)/t28-/m0/s1. The lowest BCUT2D eigenvalue weighted by Crippen LogP contribution is -2.46. The topological polar surface area (TPSA) is 145 Å². The molecule has 0 bridgehead atoms. The van der Waals surface area contributed by atoms with Crippen LogP contribution in [0, 0.1) is 0 Å². The van der Waals surface area contributed by atoms with Crippen molar-refractivity contribution in [3.63, 3.8) is 0 Å². The maximum absolute atomic E-state index is 14.0. The van der Waals surface area contributed by atoms with Gasteiger partial charge < -0.3 is 29.2 Å². The van der Waals surface area contributed by atoms with Gasteiger partial charge in [0.25, 0.3) is 5.91 Å². The third-order valence-electron chi connectivity index (χ3n) is 6.83. The molecular formula is C34H48N4O8S. The molecular weight excluding hydrogens is 624 g/mol. The van der Waals surface area contributed by atoms with Gasteiger partial charge in [-0.05, 0) is 84.6 Å². The van der Waals surface area contributed by atoms with Gasteiger partial charge in [0.2, 0.25) is 10.0 Å². The fraction of sp³-hybridized carbons (Fsp3) is 0.500. The van der Waals surface area contributed by atoms with Crippen LogP contribution in [0.2, 0.25) is 0 Å². The minimum Gasteiger partial charge on any atom is -0.492 e. The number of amides is 1. The first-order valence-electron chi connectivity index (χ1n) is 15.7. The van der Waals surface area contributed by atoms with E-state index in [4.69, 9.17) is 18.9 Å². The summed E-state index contributed by atoms with van der Waals surface area (Å²) in [7, 11) is -0.612. The number of rotatable bonds is 18. The van der Waals surface area contributed by atoms with Crippen molar-refractivity contribution in [2.45, 2.75) is 70.3 Å². The van der Waals surface area contributed by atoms with Crippen molar-refractivity contribution in [1.82, 2.24) is 19.9 Å². The molecule has 0 fully saturated rings. The molecule has 1 atom stereocenters. The summed E-state index contributed by atoms with van der Waals surface area (Å²) in [6.07, 6.45) is 1.18. The van der Waals surface area contributed by atoms with Crippen molar-refractivity contribution in [3.05, 3.63) is 65.9 Å². The molecule has 0 unspecified atom stereocenters. The molecule has 2 N–H and O–H groups in total. The first kappa shape index (κ1) is 37.8. The van der Waals surface area contributed by atoms with Crippen LogP contribution in [-0.4, -0.2) is 95.1 Å². The number of sulfonamides is 1. The van der Waals surface area contributed by atoms with Crippen LogP contribution in [0.25, 0.3) is 10.9 Å². The molecule has 13 heteroatoms. The largest absolute Gasteiger partial charge is 0.492 e. The van der Waals surface area contributed by atoms with Crippen LogP contribution in [0.15, 0.2) is 59.6 Å². The van der Waals surface area contributed by atoms with Gasteiger partial charge in [0.15, 0.2) is 6.29 Å². The first-order chi connectivity index (χ1) is 22.2. The predicted octanol–water partition coefficient (Wildman–Crippen LogP) is 3.93. The van der Waals surface area contributed by atoms with E-state index in [-0.39, 0.29) is 35.1 Å². The van der Waals surface area contributed by atoms with Gasteiger partial charge in [-0.2, -0.15) is 4.72 Å². The normalized spacial score (nSPS) is 12.8. The van der Waals surface area contributed by atoms with Crippen LogP contribution in [-0.2, 0) is 35.4 Å². The number of aromatic nitrogens is 1. The predicted molar refractivity (Wildman–Crippen MR) is 180 cm³/mol. The zero-order valence-corrected chi connectivity index (χ0v) is 29.2. The second-order valence-electron chi connectivity index (χ2n) is 12.1. The number of carbonyl (C=O) groups is 2. The molecule has 1 heterocycles. The molecule has 0 radical (unpaired) electrons. The molecule has 12 nitrogen and oxygen atoms in total. The van der Waals surface area contributed by atoms with E-state index >= 15 is 0 Å². The molecule has 0 saturated carbocycles. The van der Waals surface area contributed by atoms with E-state index in [9.17, 15) is 18.0 Å². The summed E-state index contributed by atoms with van der Waals surface area (Å²) in [5.41, 5.74) is 1.15. The first-order valence-corrected chi connectivity index (χ1v) is 17.2. The van der Waals surface area contributed by atoms with Crippen molar-refractivity contribution in [2.24, 2.45) is 0 Å². The maximum atomic E-state index is 14.0. The Labute approximate surface area is 278 Å². The molecule has 0 spiro atoms. The highest BCUT2D eigenvalue weighted by Crippen LogP contribution is 2.27. The fourth-order valence-corrected chi connectivity index (χ4v) is 6.02. The smallest absolute Gasteiger partial charge is 0.324 e. The van der Waals surface area contributed by atoms with Gasteiger partial charge in [-0.15, -0.1) is 0 Å². The van der Waals surface area contributed by atoms with Crippen molar-refractivity contribution in [3.8, 4) is 5.75 Å². The fourth-order valence-electron chi connectivity index (χ4n) is 4.70. The molecule has 2 aromatic carbocycles. The zero-order valence-electron chi connectivity index (χ0n) is 28.4. The molecule has 1 aromatic heterocycles. The Balaban J connectivity index is 1.95. The van der Waals surface area contributed by atoms with E-state index in [0.717, 1.165) is 16.5 Å². The molecule has 0 aliphatic heterocycles. The Hall–Kier alpha value is -3.62. The summed E-state index contributed by atoms with van der Waals surface area (Å²) in [5, 5.41) is 3.79. The van der Waals surface area contributed by atoms with E-state index in [0.29, 0.717) is 32.7 Å². The lowest BCUT2D eigenvalue weighted by atomic mass is 10.1. The van der Waals surface area contributed by atoms with Gasteiger partial charge in [0.1, 0.15) is 22.3 Å². The lowest BCUT2D eigenvalue weighted by molar-refractivity contribution is -0.167. The van der Waals surface area contributed by atoms with Crippen LogP contribution in [0.1, 0.15) is 57.0 Å². The SMILES string of the molecule is CCOC(C[C@H](NS(=O)(=O)c1ccc(C(=O)NCCN(C)C)cc1OCCc1cccc2ncccc12)C(=O)OC(C)(C)C)OCC. The lowest BCUT2D eigenvalue weighted by Gasteiger charge is -2.27. The van der Waals surface area contributed by atoms with Gasteiger partial charge in [-0.1, -0.05) is 18.2 Å². The van der Waals surface area contributed by atoms with Crippen LogP contribution >= 0.6 is 0 Å². The van der Waals surface area contributed by atoms with Crippen molar-refractivity contribution >= 4 is 32.8 Å². The third-order valence-corrected chi connectivity index (χ3v) is 8.34. The summed E-state index contributed by atoms with van der Waals surface area (Å²) >= 11 is 0. The highest BCUT2D eigenvalue weighted by molar-refractivity contribution is 7.89. The number of fused-ring (bicyclic) bond motifs is 1. The van der Waals surface area contributed by atoms with Gasteiger partial charge in [0.05, 0.1) is 12.1 Å². The molecule has 0 aliphatic carbocycles. The maximum Gasteiger partial charge on any atom is 0.324 e. The summed E-state index contributed by atoms with van der Waals surface area (Å²) in [6.45, 7) is 10.3. The summed E-state index contributed by atoms with van der Waals surface area (Å²) in [6, 6.07) is 12.4. The molecule has 3 aromatic rings. The van der Waals surface area contributed by atoms with E-state index in [1.807, 2.05) is 49.3 Å². The number of hydrogen-bond donors (Lipinski definition) is 2. The number of pyridine rings is 1. The van der Waals surface area contributed by atoms with Crippen molar-refractivity contribution in [1.29, 1.82) is 0 Å². The van der Waals surface area contributed by atoms with E-state index in [1.165, 1.54) is 18.2 Å². The molecule has 0 aliphatic rings. The van der Waals surface area contributed by atoms with E-state index in [1.54, 1.807) is 40.8 Å². The molecule has 258 valence electrons. The minimum atomic E-state index is -4.40. The molecule has 3 rings (SSSR count). The second-order valence-corrected chi connectivity index (χ2v) is 13.8. The molecule has 1 amide bonds. The number of carbonyl (C=O) groups excluding carboxylic acids is 2. The van der Waals surface area contributed by atoms with Gasteiger partial charge in [0, 0.05) is 56.3 Å². The van der Waals surface area contributed by atoms with Gasteiger partial charge in [-0.25, -0.2) is 8.42 Å². The second kappa shape index (κ2) is 17.5. The Bertz CT molecular complexity index is 1580. The summed E-state index contributed by atoms with van der Waals surface area (Å²) in [4.78, 5) is 32.3. The highest BCUT2D eigenvalue weighted by atomic mass is 32.2. The van der Waals surface area contributed by atoms with Crippen LogP contribution in [0.3, 0.4) is 0 Å². The number of nitrogens with zero attached hydrogens (tertiary/aromatic N) is 2. The zero-order chi connectivity index (χ0) is 34.6. The van der Waals surface area contributed by atoms with Gasteiger partial charge in [-0.3, -0.25) is 14.6 Å². The summed E-state index contributed by atoms with van der Waals surface area (Å²) in [5.74, 6) is -1.20. The Kier molecular flexibility index (Phi) is 14.1. The highest BCUT2D eigenvalue weighted by Gasteiger charge is 2.34. The monoisotopic (exact) mass is 672 g/mol. The number of nitrogens with one attached hydrogen (secondary N) is 2. The van der Waals surface area contributed by atoms with Crippen LogP contribution in [0.4, 0.5) is 0 Å². The summed E-state index contributed by atoms with van der Waals surface area (Å²) < 4.78 is 53.3. The molecule has 47 heavy (non-hydrogen) atoms. The Morgan fingerprint density at radius 3 is 2.38 bits per heavy atom. The van der Waals surface area contributed by atoms with Crippen LogP contribution < -0.4 is 14.8 Å². The average Bonchev–Trinajstić information content (AvgIpc) is 3.00. The third kappa shape index (κ3) is 11.8. The van der Waals surface area contributed by atoms with E-state index < -0.39 is 33.9 Å². The van der Waals surface area contributed by atoms with Crippen molar-refractivity contribution in [2.75, 3.05) is 47.0 Å². The number of likely N-dealkylation sites (N-methyl/N-ethyl adjacent to an activating group) is 1. The van der Waals surface area contributed by atoms with Crippen LogP contribution in [0.5, 0.6) is 5.75 Å². The number of ether oxygens (including phenoxy) is 4. The van der Waals surface area contributed by atoms with Crippen molar-refractivity contribution < 1.29 is 37.0 Å². The Morgan fingerprint density at radius 2 is 1.72 bits per heavy atom.